The SMILES string of the molecule is CC1=C(O)C=CC(c2cc(-c3ccc(OCC(=O)NC4CCCC4)cc3)nc(=O)[nH]2)C1. The van der Waals surface area contributed by atoms with Crippen molar-refractivity contribution in [3.8, 4) is 17.0 Å². The molecule has 0 bridgehead atoms. The van der Waals surface area contributed by atoms with E-state index in [1.807, 2.05) is 31.2 Å². The van der Waals surface area contributed by atoms with Crippen molar-refractivity contribution in [2.75, 3.05) is 6.61 Å². The van der Waals surface area contributed by atoms with Crippen LogP contribution in [0.25, 0.3) is 11.3 Å². The maximum Gasteiger partial charge on any atom is 0.345 e. The van der Waals surface area contributed by atoms with Crippen molar-refractivity contribution < 1.29 is 14.6 Å². The van der Waals surface area contributed by atoms with Crippen molar-refractivity contribution >= 4 is 5.91 Å². The number of aromatic nitrogens is 2. The van der Waals surface area contributed by atoms with E-state index in [2.05, 4.69) is 15.3 Å². The van der Waals surface area contributed by atoms with Gasteiger partial charge in [-0.25, -0.2) is 4.79 Å². The maximum atomic E-state index is 12.1. The first-order valence-corrected chi connectivity index (χ1v) is 10.7. The molecular weight excluding hydrogens is 394 g/mol. The third-order valence-electron chi connectivity index (χ3n) is 5.86. The molecule has 0 spiro atoms. The van der Waals surface area contributed by atoms with E-state index in [4.69, 9.17) is 4.74 Å². The lowest BCUT2D eigenvalue weighted by Crippen LogP contribution is -2.36. The lowest BCUT2D eigenvalue weighted by molar-refractivity contribution is -0.123. The van der Waals surface area contributed by atoms with Gasteiger partial charge in [-0.2, -0.15) is 4.98 Å². The minimum atomic E-state index is -0.416. The molecular formula is C24H27N3O4. The number of nitrogens with zero attached hydrogens (tertiary/aromatic N) is 1. The van der Waals surface area contributed by atoms with E-state index in [-0.39, 0.29) is 30.2 Å². The summed E-state index contributed by atoms with van der Waals surface area (Å²) in [5, 5.41) is 12.8. The van der Waals surface area contributed by atoms with Gasteiger partial charge >= 0.3 is 5.69 Å². The van der Waals surface area contributed by atoms with Crippen LogP contribution in [-0.2, 0) is 4.79 Å². The molecule has 1 unspecified atom stereocenters. The van der Waals surface area contributed by atoms with Crippen LogP contribution in [0.15, 0.2) is 58.6 Å². The van der Waals surface area contributed by atoms with E-state index in [1.54, 1.807) is 18.2 Å². The van der Waals surface area contributed by atoms with Crippen molar-refractivity contribution in [1.29, 1.82) is 0 Å². The fourth-order valence-electron chi connectivity index (χ4n) is 4.10. The number of ether oxygens (including phenoxy) is 1. The van der Waals surface area contributed by atoms with Crippen molar-refractivity contribution in [3.63, 3.8) is 0 Å². The molecule has 2 aliphatic carbocycles. The second-order valence-electron chi connectivity index (χ2n) is 8.22. The molecule has 1 saturated carbocycles. The lowest BCUT2D eigenvalue weighted by Gasteiger charge is -2.18. The molecule has 1 atom stereocenters. The van der Waals surface area contributed by atoms with Crippen LogP contribution < -0.4 is 15.7 Å². The monoisotopic (exact) mass is 421 g/mol. The first-order valence-electron chi connectivity index (χ1n) is 10.7. The quantitative estimate of drug-likeness (QED) is 0.659. The Hall–Kier alpha value is -3.35. The predicted molar refractivity (Wildman–Crippen MR) is 118 cm³/mol. The van der Waals surface area contributed by atoms with Gasteiger partial charge in [0, 0.05) is 23.2 Å². The molecule has 3 N–H and O–H groups in total. The first kappa shape index (κ1) is 20.9. The van der Waals surface area contributed by atoms with Gasteiger partial charge in [0.15, 0.2) is 6.61 Å². The highest BCUT2D eigenvalue weighted by Gasteiger charge is 2.18. The summed E-state index contributed by atoms with van der Waals surface area (Å²) in [6.07, 6.45) is 8.60. The standard InChI is InChI=1S/C24H27N3O4/c1-15-12-17(8-11-22(15)28)21-13-20(26-24(30)27-21)16-6-9-19(10-7-16)31-14-23(29)25-18-4-2-3-5-18/h6-11,13,17-18,28H,2-5,12,14H2,1H3,(H,25,29)(H,26,27,30). The number of hydrogen-bond donors (Lipinski definition) is 3. The van der Waals surface area contributed by atoms with Crippen molar-refractivity contribution in [1.82, 2.24) is 15.3 Å². The van der Waals surface area contributed by atoms with E-state index in [0.29, 0.717) is 17.9 Å². The number of amides is 1. The van der Waals surface area contributed by atoms with E-state index in [1.165, 1.54) is 12.8 Å². The fourth-order valence-corrected chi connectivity index (χ4v) is 4.10. The molecule has 2 aliphatic rings. The van der Waals surface area contributed by atoms with Crippen LogP contribution in [0, 0.1) is 0 Å². The van der Waals surface area contributed by atoms with Gasteiger partial charge < -0.3 is 20.1 Å². The van der Waals surface area contributed by atoms with Crippen LogP contribution in [0.5, 0.6) is 5.75 Å². The Bertz CT molecular complexity index is 1060. The van der Waals surface area contributed by atoms with Crippen LogP contribution in [0.1, 0.15) is 50.6 Å². The Balaban J connectivity index is 1.42. The number of aromatic amines is 1. The van der Waals surface area contributed by atoms with E-state index >= 15 is 0 Å². The number of aliphatic hydroxyl groups is 1. The molecule has 0 radical (unpaired) electrons. The Labute approximate surface area is 180 Å². The Kier molecular flexibility index (Phi) is 6.21. The first-order chi connectivity index (χ1) is 15.0. The van der Waals surface area contributed by atoms with Gasteiger partial charge in [0.05, 0.1) is 5.69 Å². The Morgan fingerprint density at radius 2 is 2.00 bits per heavy atom. The zero-order valence-electron chi connectivity index (χ0n) is 17.6. The molecule has 7 heteroatoms. The van der Waals surface area contributed by atoms with Gasteiger partial charge in [-0.15, -0.1) is 0 Å². The van der Waals surface area contributed by atoms with E-state index in [9.17, 15) is 14.7 Å². The zero-order valence-corrected chi connectivity index (χ0v) is 17.6. The molecule has 4 rings (SSSR count). The minimum Gasteiger partial charge on any atom is -0.508 e. The molecule has 1 amide bonds. The van der Waals surface area contributed by atoms with Crippen LogP contribution in [0.2, 0.25) is 0 Å². The number of carbonyl (C=O) groups excluding carboxylic acids is 1. The zero-order chi connectivity index (χ0) is 21.8. The number of allylic oxidation sites excluding steroid dienone is 3. The summed E-state index contributed by atoms with van der Waals surface area (Å²) >= 11 is 0. The van der Waals surface area contributed by atoms with Gasteiger partial charge in [-0.05, 0) is 68.2 Å². The summed E-state index contributed by atoms with van der Waals surface area (Å²) < 4.78 is 5.60. The molecule has 31 heavy (non-hydrogen) atoms. The number of carbonyl (C=O) groups is 1. The highest BCUT2D eigenvalue weighted by Crippen LogP contribution is 2.30. The van der Waals surface area contributed by atoms with Crippen molar-refractivity contribution in [2.24, 2.45) is 0 Å². The van der Waals surface area contributed by atoms with Crippen LogP contribution in [0.4, 0.5) is 0 Å². The summed E-state index contributed by atoms with van der Waals surface area (Å²) in [5.41, 5.74) is 2.56. The van der Waals surface area contributed by atoms with Crippen LogP contribution >= 0.6 is 0 Å². The van der Waals surface area contributed by atoms with Gasteiger partial charge in [0.25, 0.3) is 5.91 Å². The summed E-state index contributed by atoms with van der Waals surface area (Å²) in [5.74, 6) is 0.737. The number of aliphatic hydroxyl groups excluding tert-OH is 1. The smallest absolute Gasteiger partial charge is 0.345 e. The lowest BCUT2D eigenvalue weighted by atomic mass is 9.91. The summed E-state index contributed by atoms with van der Waals surface area (Å²) in [7, 11) is 0. The number of hydrogen-bond acceptors (Lipinski definition) is 5. The minimum absolute atomic E-state index is 0.0169. The molecule has 1 aromatic carbocycles. The second-order valence-corrected chi connectivity index (χ2v) is 8.22. The molecule has 1 heterocycles. The van der Waals surface area contributed by atoms with Crippen molar-refractivity contribution in [2.45, 2.75) is 51.0 Å². The molecule has 162 valence electrons. The number of benzene rings is 1. The molecule has 1 fully saturated rings. The van der Waals surface area contributed by atoms with Gasteiger partial charge in [0.2, 0.25) is 0 Å². The van der Waals surface area contributed by atoms with E-state index in [0.717, 1.165) is 29.7 Å². The maximum absolute atomic E-state index is 12.1. The topological polar surface area (TPSA) is 104 Å². The number of H-pyrrole nitrogens is 1. The summed E-state index contributed by atoms with van der Waals surface area (Å²) in [6, 6.07) is 9.32. The molecule has 7 nitrogen and oxygen atoms in total. The van der Waals surface area contributed by atoms with Gasteiger partial charge in [-0.1, -0.05) is 18.9 Å². The average Bonchev–Trinajstić information content (AvgIpc) is 3.27. The van der Waals surface area contributed by atoms with Crippen LogP contribution in [0.3, 0.4) is 0 Å². The van der Waals surface area contributed by atoms with Gasteiger partial charge in [-0.3, -0.25) is 4.79 Å². The third-order valence-corrected chi connectivity index (χ3v) is 5.86. The molecule has 1 aromatic heterocycles. The molecule has 0 saturated heterocycles. The Morgan fingerprint density at radius 3 is 2.71 bits per heavy atom. The second kappa shape index (κ2) is 9.20. The largest absolute Gasteiger partial charge is 0.508 e. The van der Waals surface area contributed by atoms with E-state index < -0.39 is 5.69 Å². The van der Waals surface area contributed by atoms with Gasteiger partial charge in [0.1, 0.15) is 11.5 Å². The fraction of sp³-hybridized carbons (Fsp3) is 0.375. The summed E-state index contributed by atoms with van der Waals surface area (Å²) in [4.78, 5) is 31.1. The highest BCUT2D eigenvalue weighted by atomic mass is 16.5. The molecule has 0 aliphatic heterocycles. The molecule has 2 aromatic rings. The number of nitrogens with one attached hydrogen (secondary N) is 2. The normalized spacial score (nSPS) is 18.9. The number of rotatable bonds is 6. The summed E-state index contributed by atoms with van der Waals surface area (Å²) in [6.45, 7) is 1.86. The predicted octanol–water partition coefficient (Wildman–Crippen LogP) is 3.75. The third kappa shape index (κ3) is 5.23. The Morgan fingerprint density at radius 1 is 1.26 bits per heavy atom. The highest BCUT2D eigenvalue weighted by molar-refractivity contribution is 5.77. The van der Waals surface area contributed by atoms with Crippen molar-refractivity contribution in [3.05, 3.63) is 70.0 Å². The average molecular weight is 421 g/mol. The van der Waals surface area contributed by atoms with Crippen LogP contribution in [-0.4, -0.2) is 33.6 Å².